The minimum Gasteiger partial charge on any atom is -0.478 e. The predicted molar refractivity (Wildman–Crippen MR) is 71.9 cm³/mol. The summed E-state index contributed by atoms with van der Waals surface area (Å²) in [5, 5.41) is 8.90. The highest BCUT2D eigenvalue weighted by atomic mass is 79.9. The van der Waals surface area contributed by atoms with Gasteiger partial charge in [0.2, 0.25) is 0 Å². The normalized spacial score (nSPS) is 10.3. The van der Waals surface area contributed by atoms with Crippen molar-refractivity contribution >= 4 is 27.6 Å². The summed E-state index contributed by atoms with van der Waals surface area (Å²) < 4.78 is 32.3. The van der Waals surface area contributed by atoms with E-state index in [1.54, 1.807) is 0 Å². The quantitative estimate of drug-likeness (QED) is 0.831. The molecule has 0 spiro atoms. The number of aromatic carboxylic acids is 1. The fourth-order valence-corrected chi connectivity index (χ4v) is 1.75. The molecule has 0 saturated carbocycles. The van der Waals surface area contributed by atoms with E-state index in [4.69, 9.17) is 15.6 Å². The van der Waals surface area contributed by atoms with E-state index in [-0.39, 0.29) is 27.2 Å². The van der Waals surface area contributed by atoms with Crippen LogP contribution in [0.1, 0.15) is 10.4 Å². The number of hydrogen-bond acceptors (Lipinski definition) is 3. The maximum Gasteiger partial charge on any atom is 0.337 e. The second-order valence-corrected chi connectivity index (χ2v) is 4.71. The number of halogens is 3. The van der Waals surface area contributed by atoms with E-state index >= 15 is 0 Å². The summed E-state index contributed by atoms with van der Waals surface area (Å²) in [4.78, 5) is 10.9. The van der Waals surface area contributed by atoms with Gasteiger partial charge in [-0.05, 0) is 28.1 Å². The number of benzene rings is 2. The molecule has 104 valence electrons. The average Bonchev–Trinajstić information content (AvgIpc) is 2.36. The van der Waals surface area contributed by atoms with Crippen LogP contribution in [0, 0.1) is 11.6 Å². The molecule has 0 aliphatic heterocycles. The number of rotatable bonds is 3. The van der Waals surface area contributed by atoms with Crippen LogP contribution in [-0.2, 0) is 0 Å². The highest BCUT2D eigenvalue weighted by Crippen LogP contribution is 2.30. The summed E-state index contributed by atoms with van der Waals surface area (Å²) >= 11 is 2.97. The van der Waals surface area contributed by atoms with Gasteiger partial charge in [-0.15, -0.1) is 0 Å². The molecule has 20 heavy (non-hydrogen) atoms. The number of carbonyl (C=O) groups is 1. The fraction of sp³-hybridized carbons (Fsp3) is 0. The number of anilines is 1. The van der Waals surface area contributed by atoms with Crippen molar-refractivity contribution in [3.63, 3.8) is 0 Å². The lowest BCUT2D eigenvalue weighted by atomic mass is 10.1. The van der Waals surface area contributed by atoms with Gasteiger partial charge < -0.3 is 15.6 Å². The molecule has 4 nitrogen and oxygen atoms in total. The Morgan fingerprint density at radius 1 is 1.20 bits per heavy atom. The van der Waals surface area contributed by atoms with E-state index in [0.717, 1.165) is 18.2 Å². The van der Waals surface area contributed by atoms with Gasteiger partial charge in [0.1, 0.15) is 11.6 Å². The van der Waals surface area contributed by atoms with Crippen LogP contribution in [0.25, 0.3) is 0 Å². The average molecular weight is 344 g/mol. The third kappa shape index (κ3) is 2.88. The van der Waals surface area contributed by atoms with E-state index in [0.29, 0.717) is 0 Å². The lowest BCUT2D eigenvalue weighted by Gasteiger charge is -2.09. The molecule has 0 amide bonds. The minimum absolute atomic E-state index is 0.0331. The third-order valence-corrected chi connectivity index (χ3v) is 3.10. The first-order chi connectivity index (χ1) is 9.38. The number of hydrogen-bond donors (Lipinski definition) is 2. The van der Waals surface area contributed by atoms with Crippen molar-refractivity contribution in [2.75, 3.05) is 5.73 Å². The molecule has 3 N–H and O–H groups in total. The predicted octanol–water partition coefficient (Wildman–Crippen LogP) is 3.80. The number of nitrogens with two attached hydrogens (primary N) is 1. The molecule has 0 aliphatic rings. The second kappa shape index (κ2) is 5.46. The molecular formula is C13H8BrF2NO3. The molecule has 7 heteroatoms. The first-order valence-corrected chi connectivity index (χ1v) is 6.13. The monoisotopic (exact) mass is 343 g/mol. The summed E-state index contributed by atoms with van der Waals surface area (Å²) in [6.07, 6.45) is 0. The Bertz CT molecular complexity index is 692. The van der Waals surface area contributed by atoms with Gasteiger partial charge in [-0.1, -0.05) is 0 Å². The smallest absolute Gasteiger partial charge is 0.337 e. The molecule has 2 rings (SSSR count). The van der Waals surface area contributed by atoms with Crippen molar-refractivity contribution in [3.05, 3.63) is 52.0 Å². The van der Waals surface area contributed by atoms with E-state index < -0.39 is 17.6 Å². The van der Waals surface area contributed by atoms with Crippen LogP contribution < -0.4 is 10.5 Å². The summed E-state index contributed by atoms with van der Waals surface area (Å²) in [5.74, 6) is -3.05. The lowest BCUT2D eigenvalue weighted by Crippen LogP contribution is -2.04. The zero-order valence-electron chi connectivity index (χ0n) is 9.86. The number of carboxylic acid groups (broad SMARTS) is 1. The third-order valence-electron chi connectivity index (χ3n) is 2.45. The van der Waals surface area contributed by atoms with Gasteiger partial charge in [0.05, 0.1) is 10.0 Å². The van der Waals surface area contributed by atoms with Gasteiger partial charge in [-0.3, -0.25) is 0 Å². The van der Waals surface area contributed by atoms with Gasteiger partial charge in [-0.25, -0.2) is 13.6 Å². The molecule has 2 aromatic carbocycles. The molecular weight excluding hydrogens is 336 g/mol. The second-order valence-electron chi connectivity index (χ2n) is 3.85. The van der Waals surface area contributed by atoms with Crippen LogP contribution in [0.4, 0.5) is 14.5 Å². The van der Waals surface area contributed by atoms with Gasteiger partial charge in [0.15, 0.2) is 11.6 Å². The molecule has 0 radical (unpaired) electrons. The molecule has 0 saturated heterocycles. The van der Waals surface area contributed by atoms with Crippen molar-refractivity contribution in [1.29, 1.82) is 0 Å². The zero-order valence-corrected chi connectivity index (χ0v) is 11.4. The van der Waals surface area contributed by atoms with Crippen LogP contribution in [0.5, 0.6) is 11.5 Å². The Labute approximate surface area is 120 Å². The van der Waals surface area contributed by atoms with Crippen LogP contribution in [0.2, 0.25) is 0 Å². The van der Waals surface area contributed by atoms with Crippen molar-refractivity contribution in [2.45, 2.75) is 0 Å². The molecule has 0 aromatic heterocycles. The molecule has 0 unspecified atom stereocenters. The molecule has 2 aromatic rings. The molecule has 0 heterocycles. The van der Waals surface area contributed by atoms with Crippen molar-refractivity contribution < 1.29 is 23.4 Å². The molecule has 0 atom stereocenters. The van der Waals surface area contributed by atoms with E-state index in [9.17, 15) is 13.6 Å². The van der Waals surface area contributed by atoms with Gasteiger partial charge in [-0.2, -0.15) is 0 Å². The van der Waals surface area contributed by atoms with Crippen LogP contribution >= 0.6 is 15.9 Å². The Morgan fingerprint density at radius 2 is 1.90 bits per heavy atom. The topological polar surface area (TPSA) is 72.5 Å². The molecule has 0 fully saturated rings. The van der Waals surface area contributed by atoms with Gasteiger partial charge >= 0.3 is 5.97 Å². The van der Waals surface area contributed by atoms with Gasteiger partial charge in [0.25, 0.3) is 0 Å². The maximum atomic E-state index is 13.7. The Balaban J connectivity index is 2.40. The van der Waals surface area contributed by atoms with Crippen molar-refractivity contribution in [3.8, 4) is 11.5 Å². The summed E-state index contributed by atoms with van der Waals surface area (Å²) in [7, 11) is 0. The summed E-state index contributed by atoms with van der Waals surface area (Å²) in [6.45, 7) is 0. The van der Waals surface area contributed by atoms with E-state index in [2.05, 4.69) is 15.9 Å². The maximum absolute atomic E-state index is 13.7. The number of nitrogen functional groups attached to an aromatic ring is 1. The van der Waals surface area contributed by atoms with Crippen molar-refractivity contribution in [2.24, 2.45) is 0 Å². The van der Waals surface area contributed by atoms with Crippen molar-refractivity contribution in [1.82, 2.24) is 0 Å². The lowest BCUT2D eigenvalue weighted by molar-refractivity contribution is 0.0697. The molecule has 0 bridgehead atoms. The zero-order chi connectivity index (χ0) is 14.9. The highest BCUT2D eigenvalue weighted by molar-refractivity contribution is 9.10. The van der Waals surface area contributed by atoms with E-state index in [1.165, 1.54) is 12.1 Å². The van der Waals surface area contributed by atoms with Crippen LogP contribution in [-0.4, -0.2) is 11.1 Å². The first kappa shape index (κ1) is 14.3. The van der Waals surface area contributed by atoms with Crippen LogP contribution in [0.15, 0.2) is 34.8 Å². The number of ether oxygens (including phenoxy) is 1. The summed E-state index contributed by atoms with van der Waals surface area (Å²) in [6, 6.07) is 5.63. The van der Waals surface area contributed by atoms with Crippen LogP contribution in [0.3, 0.4) is 0 Å². The largest absolute Gasteiger partial charge is 0.478 e. The highest BCUT2D eigenvalue weighted by Gasteiger charge is 2.15. The summed E-state index contributed by atoms with van der Waals surface area (Å²) in [5.41, 5.74) is 4.88. The van der Waals surface area contributed by atoms with Gasteiger partial charge in [0, 0.05) is 23.9 Å². The Hall–Kier alpha value is -2.15. The Morgan fingerprint density at radius 3 is 2.50 bits per heavy atom. The Kier molecular flexibility index (Phi) is 3.89. The van der Waals surface area contributed by atoms with E-state index in [1.807, 2.05) is 0 Å². The molecule has 0 aliphatic carbocycles. The fourth-order valence-electron chi connectivity index (χ4n) is 1.50. The minimum atomic E-state index is -1.31. The number of carboxylic acids is 1. The SMILES string of the molecule is Nc1cc(F)c(Oc2ccc(Br)c(F)c2)cc1C(=O)O. The first-order valence-electron chi connectivity index (χ1n) is 5.33. The standard InChI is InChI=1S/C13H8BrF2NO3/c14-8-2-1-6(3-9(8)15)20-12-4-7(13(18)19)11(17)5-10(12)16/h1-5H,17H2,(H,18,19).